The van der Waals surface area contributed by atoms with E-state index in [4.69, 9.17) is 0 Å². The molecule has 0 aliphatic heterocycles. The van der Waals surface area contributed by atoms with Crippen LogP contribution in [0.2, 0.25) is 0 Å². The van der Waals surface area contributed by atoms with Gasteiger partial charge in [0.05, 0.1) is 8.66 Å². The monoisotopic (exact) mass is 261 g/mol. The molecule has 0 aliphatic carbocycles. The lowest BCUT2D eigenvalue weighted by Crippen LogP contribution is -2.27. The van der Waals surface area contributed by atoms with Crippen LogP contribution in [0.25, 0.3) is 0 Å². The van der Waals surface area contributed by atoms with Crippen LogP contribution in [-0.4, -0.2) is 11.8 Å². The molecule has 0 bridgehead atoms. The van der Waals surface area contributed by atoms with E-state index in [2.05, 4.69) is 21.2 Å². The second-order valence-electron chi connectivity index (χ2n) is 2.58. The average Bonchev–Trinajstić information content (AvgIpc) is 2.31. The first-order chi connectivity index (χ1) is 6.00. The summed E-state index contributed by atoms with van der Waals surface area (Å²) >= 11 is 4.62. The summed E-state index contributed by atoms with van der Waals surface area (Å²) in [6.45, 7) is 3.21. The molecule has 0 spiro atoms. The molecule has 5 heteroatoms. The van der Waals surface area contributed by atoms with Crippen LogP contribution >= 0.6 is 27.3 Å². The maximum absolute atomic E-state index is 11.3. The SMILES string of the molecule is CC(=O)NC(=O)c1cc(C)c(Br)s1. The second kappa shape index (κ2) is 4.02. The number of halogens is 1. The van der Waals surface area contributed by atoms with Crippen LogP contribution in [0.5, 0.6) is 0 Å². The van der Waals surface area contributed by atoms with Crippen LogP contribution in [0.1, 0.15) is 22.2 Å². The summed E-state index contributed by atoms with van der Waals surface area (Å²) in [6.07, 6.45) is 0. The molecule has 1 heterocycles. The molecule has 1 N–H and O–H groups in total. The number of rotatable bonds is 1. The van der Waals surface area contributed by atoms with E-state index in [1.54, 1.807) is 6.07 Å². The van der Waals surface area contributed by atoms with Gasteiger partial charge in [-0.3, -0.25) is 14.9 Å². The fraction of sp³-hybridized carbons (Fsp3) is 0.250. The molecule has 0 radical (unpaired) electrons. The van der Waals surface area contributed by atoms with Crippen molar-refractivity contribution in [1.82, 2.24) is 5.32 Å². The molecule has 1 aromatic rings. The lowest BCUT2D eigenvalue weighted by Gasteiger charge is -1.95. The highest BCUT2D eigenvalue weighted by Gasteiger charge is 2.11. The molecule has 13 heavy (non-hydrogen) atoms. The average molecular weight is 262 g/mol. The van der Waals surface area contributed by atoms with E-state index in [9.17, 15) is 9.59 Å². The third-order valence-electron chi connectivity index (χ3n) is 1.37. The molecule has 0 fully saturated rings. The summed E-state index contributed by atoms with van der Waals surface area (Å²) in [5.74, 6) is -0.682. The van der Waals surface area contributed by atoms with Gasteiger partial charge in [-0.25, -0.2) is 0 Å². The minimum Gasteiger partial charge on any atom is -0.292 e. The van der Waals surface area contributed by atoms with Crippen molar-refractivity contribution in [2.24, 2.45) is 0 Å². The summed E-state index contributed by atoms with van der Waals surface area (Å²) in [5, 5.41) is 2.21. The van der Waals surface area contributed by atoms with Gasteiger partial charge in [0, 0.05) is 6.92 Å². The van der Waals surface area contributed by atoms with E-state index >= 15 is 0 Å². The zero-order chi connectivity index (χ0) is 10.0. The predicted octanol–water partition coefficient (Wildman–Crippen LogP) is 2.10. The molecule has 0 aliphatic rings. The molecule has 1 rings (SSSR count). The number of imide groups is 1. The Morgan fingerprint density at radius 3 is 2.54 bits per heavy atom. The molecule has 0 saturated heterocycles. The molecule has 0 saturated carbocycles. The highest BCUT2D eigenvalue weighted by molar-refractivity contribution is 9.11. The number of thiophene rings is 1. The van der Waals surface area contributed by atoms with Crippen molar-refractivity contribution in [3.63, 3.8) is 0 Å². The van der Waals surface area contributed by atoms with Crippen molar-refractivity contribution < 1.29 is 9.59 Å². The van der Waals surface area contributed by atoms with Gasteiger partial charge in [-0.2, -0.15) is 0 Å². The summed E-state index contributed by atoms with van der Waals surface area (Å²) in [6, 6.07) is 1.74. The maximum Gasteiger partial charge on any atom is 0.267 e. The summed E-state index contributed by atoms with van der Waals surface area (Å²) < 4.78 is 0.918. The van der Waals surface area contributed by atoms with Gasteiger partial charge in [0.1, 0.15) is 0 Å². The number of aryl methyl sites for hydroxylation is 1. The van der Waals surface area contributed by atoms with Crippen LogP contribution in [-0.2, 0) is 4.79 Å². The van der Waals surface area contributed by atoms with Crippen molar-refractivity contribution in [3.8, 4) is 0 Å². The van der Waals surface area contributed by atoms with E-state index in [0.717, 1.165) is 9.35 Å². The first-order valence-electron chi connectivity index (χ1n) is 3.58. The molecule has 3 nitrogen and oxygen atoms in total. The van der Waals surface area contributed by atoms with Crippen LogP contribution in [0.3, 0.4) is 0 Å². The number of hydrogen-bond donors (Lipinski definition) is 1. The number of carbonyl (C=O) groups is 2. The van der Waals surface area contributed by atoms with Gasteiger partial charge in [0.2, 0.25) is 5.91 Å². The van der Waals surface area contributed by atoms with Crippen molar-refractivity contribution >= 4 is 39.1 Å². The lowest BCUT2D eigenvalue weighted by atomic mass is 10.3. The van der Waals surface area contributed by atoms with Gasteiger partial charge in [0.15, 0.2) is 0 Å². The smallest absolute Gasteiger partial charge is 0.267 e. The minimum absolute atomic E-state index is 0.341. The van der Waals surface area contributed by atoms with Gasteiger partial charge < -0.3 is 0 Å². The van der Waals surface area contributed by atoms with E-state index in [1.807, 2.05) is 6.92 Å². The summed E-state index contributed by atoms with van der Waals surface area (Å²) in [4.78, 5) is 22.4. The van der Waals surface area contributed by atoms with Crippen LogP contribution in [0.15, 0.2) is 9.85 Å². The Labute approximate surface area is 88.3 Å². The predicted molar refractivity (Wildman–Crippen MR) is 54.9 cm³/mol. The van der Waals surface area contributed by atoms with Gasteiger partial charge in [-0.05, 0) is 34.5 Å². The Balaban J connectivity index is 2.83. The lowest BCUT2D eigenvalue weighted by molar-refractivity contribution is -0.118. The minimum atomic E-state index is -0.341. The van der Waals surface area contributed by atoms with Gasteiger partial charge in [-0.15, -0.1) is 11.3 Å². The molecule has 2 amide bonds. The first kappa shape index (κ1) is 10.4. The Morgan fingerprint density at radius 1 is 1.54 bits per heavy atom. The maximum atomic E-state index is 11.3. The molecule has 1 aromatic heterocycles. The molecular weight excluding hydrogens is 254 g/mol. The molecule has 70 valence electrons. The first-order valence-corrected chi connectivity index (χ1v) is 5.19. The Hall–Kier alpha value is -0.680. The molecule has 0 unspecified atom stereocenters. The van der Waals surface area contributed by atoms with E-state index < -0.39 is 0 Å². The van der Waals surface area contributed by atoms with Crippen LogP contribution in [0, 0.1) is 6.92 Å². The zero-order valence-corrected chi connectivity index (χ0v) is 9.58. The third-order valence-corrected chi connectivity index (χ3v) is 3.51. The Morgan fingerprint density at radius 2 is 2.15 bits per heavy atom. The number of nitrogens with one attached hydrogen (secondary N) is 1. The fourth-order valence-electron chi connectivity index (χ4n) is 0.793. The summed E-state index contributed by atoms with van der Waals surface area (Å²) in [5.41, 5.74) is 0.999. The molecule has 0 atom stereocenters. The molecular formula is C8H8BrNO2S. The largest absolute Gasteiger partial charge is 0.292 e. The topological polar surface area (TPSA) is 46.2 Å². The van der Waals surface area contributed by atoms with Crippen LogP contribution in [0.4, 0.5) is 0 Å². The number of hydrogen-bond acceptors (Lipinski definition) is 3. The van der Waals surface area contributed by atoms with E-state index in [1.165, 1.54) is 18.3 Å². The van der Waals surface area contributed by atoms with Crippen LogP contribution < -0.4 is 5.32 Å². The van der Waals surface area contributed by atoms with Crippen molar-refractivity contribution in [1.29, 1.82) is 0 Å². The van der Waals surface area contributed by atoms with E-state index in [0.29, 0.717) is 4.88 Å². The Kier molecular flexibility index (Phi) is 3.22. The third kappa shape index (κ3) is 2.63. The second-order valence-corrected chi connectivity index (χ2v) is 4.95. The van der Waals surface area contributed by atoms with Crippen molar-refractivity contribution in [3.05, 3.63) is 20.3 Å². The molecule has 0 aromatic carbocycles. The Bertz CT molecular complexity index is 340. The zero-order valence-electron chi connectivity index (χ0n) is 7.18. The van der Waals surface area contributed by atoms with E-state index in [-0.39, 0.29) is 11.8 Å². The standard InChI is InChI=1S/C8H8BrNO2S/c1-4-3-6(13-7(4)9)8(12)10-5(2)11/h3H,1-2H3,(H,10,11,12). The van der Waals surface area contributed by atoms with Crippen molar-refractivity contribution in [2.45, 2.75) is 13.8 Å². The van der Waals surface area contributed by atoms with Gasteiger partial charge in [-0.1, -0.05) is 0 Å². The van der Waals surface area contributed by atoms with Gasteiger partial charge in [0.25, 0.3) is 5.91 Å². The number of carbonyl (C=O) groups excluding carboxylic acids is 2. The van der Waals surface area contributed by atoms with Crippen molar-refractivity contribution in [2.75, 3.05) is 0 Å². The summed E-state index contributed by atoms with van der Waals surface area (Å²) in [7, 11) is 0. The normalized spacial score (nSPS) is 9.77. The fourth-order valence-corrected chi connectivity index (χ4v) is 2.22. The number of amides is 2. The quantitative estimate of drug-likeness (QED) is 0.842. The van der Waals surface area contributed by atoms with Gasteiger partial charge >= 0.3 is 0 Å². The highest BCUT2D eigenvalue weighted by Crippen LogP contribution is 2.26. The highest BCUT2D eigenvalue weighted by atomic mass is 79.9.